The van der Waals surface area contributed by atoms with Crippen LogP contribution in [0.3, 0.4) is 0 Å². The van der Waals surface area contributed by atoms with E-state index in [0.717, 1.165) is 12.8 Å². The Labute approximate surface area is 141 Å². The Morgan fingerprint density at radius 2 is 1.35 bits per heavy atom. The van der Waals surface area contributed by atoms with Crippen LogP contribution in [0.5, 0.6) is 0 Å². The van der Waals surface area contributed by atoms with Gasteiger partial charge in [-0.2, -0.15) is 37.9 Å². The Kier molecular flexibility index (Phi) is 3.28. The van der Waals surface area contributed by atoms with Crippen LogP contribution in [-0.2, 0) is 0 Å². The van der Waals surface area contributed by atoms with Crippen LogP contribution < -0.4 is 0 Å². The van der Waals surface area contributed by atoms with E-state index in [4.69, 9.17) is 37.9 Å². The molecule has 20 heavy (non-hydrogen) atoms. The van der Waals surface area contributed by atoms with Crippen molar-refractivity contribution >= 4 is 37.9 Å². The van der Waals surface area contributed by atoms with Gasteiger partial charge in [-0.1, -0.05) is 34.6 Å². The van der Waals surface area contributed by atoms with E-state index in [2.05, 4.69) is 34.6 Å². The van der Waals surface area contributed by atoms with Gasteiger partial charge in [-0.25, -0.2) is 0 Å². The molecule has 5 saturated carbocycles. The summed E-state index contributed by atoms with van der Waals surface area (Å²) in [7, 11) is 0. The van der Waals surface area contributed by atoms with Crippen LogP contribution in [0.15, 0.2) is 0 Å². The van der Waals surface area contributed by atoms with E-state index in [1.165, 1.54) is 19.3 Å². The molecule has 7 atom stereocenters. The van der Waals surface area contributed by atoms with Crippen molar-refractivity contribution in [3.05, 3.63) is 0 Å². The van der Waals surface area contributed by atoms with Crippen LogP contribution in [0.25, 0.3) is 0 Å². The van der Waals surface area contributed by atoms with E-state index in [9.17, 15) is 0 Å². The predicted octanol–water partition coefficient (Wildman–Crippen LogP) is 5.29. The summed E-state index contributed by atoms with van der Waals surface area (Å²) in [5.41, 5.74) is 0.901. The molecule has 0 nitrogen and oxygen atoms in total. The SMILES string of the molecule is CCC12CC(S)(CC(C)(S)CC3(S)CC1(C)C3C)C2C. The number of rotatable bonds is 1. The van der Waals surface area contributed by atoms with Gasteiger partial charge in [0.1, 0.15) is 0 Å². The molecule has 4 bridgehead atoms. The van der Waals surface area contributed by atoms with Crippen molar-refractivity contribution in [3.8, 4) is 0 Å². The van der Waals surface area contributed by atoms with Crippen molar-refractivity contribution in [2.24, 2.45) is 22.7 Å². The molecular weight excluding hydrogens is 300 g/mol. The highest BCUT2D eigenvalue weighted by Gasteiger charge is 2.75. The zero-order valence-electron chi connectivity index (χ0n) is 13.5. The fourth-order valence-electron chi connectivity index (χ4n) is 6.59. The second kappa shape index (κ2) is 4.12. The van der Waals surface area contributed by atoms with Crippen LogP contribution in [-0.4, -0.2) is 14.2 Å². The lowest BCUT2D eigenvalue weighted by molar-refractivity contribution is -0.192. The molecule has 0 aromatic heterocycles. The first kappa shape index (κ1) is 15.9. The Balaban J connectivity index is 2.09. The molecule has 5 fully saturated rings. The van der Waals surface area contributed by atoms with E-state index in [-0.39, 0.29) is 14.2 Å². The van der Waals surface area contributed by atoms with E-state index >= 15 is 0 Å². The molecule has 0 amide bonds. The molecule has 5 rings (SSSR count). The average molecular weight is 331 g/mol. The van der Waals surface area contributed by atoms with E-state index in [0.29, 0.717) is 22.7 Å². The summed E-state index contributed by atoms with van der Waals surface area (Å²) < 4.78 is 0.406. The van der Waals surface area contributed by atoms with Crippen molar-refractivity contribution in [1.29, 1.82) is 0 Å². The molecule has 7 unspecified atom stereocenters. The maximum absolute atomic E-state index is 5.14. The van der Waals surface area contributed by atoms with Gasteiger partial charge in [0, 0.05) is 14.2 Å². The smallest absolute Gasteiger partial charge is 0.0179 e. The van der Waals surface area contributed by atoms with Crippen LogP contribution in [0.4, 0.5) is 0 Å². The topological polar surface area (TPSA) is 0 Å². The lowest BCUT2D eigenvalue weighted by Crippen LogP contribution is -2.71. The standard InChI is InChI=1S/C17H30S3/c1-6-15-10-17(20,12(15)3)8-13(4,18)7-16(19)9-14(15,5)11(16)2/h11-12,18-20H,6-10H2,1-5H3. The van der Waals surface area contributed by atoms with Gasteiger partial charge in [-0.05, 0) is 54.8 Å². The minimum absolute atomic E-state index is 0.0532. The van der Waals surface area contributed by atoms with Crippen molar-refractivity contribution in [2.45, 2.75) is 81.0 Å². The van der Waals surface area contributed by atoms with Gasteiger partial charge in [-0.3, -0.25) is 0 Å². The summed E-state index contributed by atoms with van der Waals surface area (Å²) in [6.45, 7) is 12.1. The molecule has 5 aliphatic rings. The van der Waals surface area contributed by atoms with Crippen molar-refractivity contribution in [3.63, 3.8) is 0 Å². The summed E-state index contributed by atoms with van der Waals surface area (Å²) in [6.07, 6.45) is 6.02. The molecule has 0 N–H and O–H groups in total. The van der Waals surface area contributed by atoms with Crippen LogP contribution in [0.1, 0.15) is 66.7 Å². The maximum atomic E-state index is 5.14. The molecule has 0 saturated heterocycles. The van der Waals surface area contributed by atoms with Gasteiger partial charge in [0.25, 0.3) is 0 Å². The normalized spacial score (nSPS) is 65.4. The Morgan fingerprint density at radius 3 is 1.75 bits per heavy atom. The molecule has 0 spiro atoms. The third-order valence-electron chi connectivity index (χ3n) is 7.83. The fraction of sp³-hybridized carbons (Fsp3) is 1.00. The van der Waals surface area contributed by atoms with Crippen LogP contribution in [0, 0.1) is 22.7 Å². The number of thiol groups is 3. The summed E-state index contributed by atoms with van der Waals surface area (Å²) in [4.78, 5) is 0. The largest absolute Gasteiger partial charge is 0.173 e. The Hall–Kier alpha value is 1.05. The quantitative estimate of drug-likeness (QED) is 0.535. The molecule has 116 valence electrons. The van der Waals surface area contributed by atoms with Gasteiger partial charge >= 0.3 is 0 Å². The summed E-state index contributed by atoms with van der Waals surface area (Å²) in [5.74, 6) is 1.35. The minimum atomic E-state index is 0.0532. The highest BCUT2D eigenvalue weighted by molar-refractivity contribution is 7.83. The summed E-state index contributed by atoms with van der Waals surface area (Å²) in [5, 5.41) is 0. The van der Waals surface area contributed by atoms with Crippen molar-refractivity contribution in [1.82, 2.24) is 0 Å². The monoisotopic (exact) mass is 330 g/mol. The molecule has 0 radical (unpaired) electrons. The maximum Gasteiger partial charge on any atom is 0.0179 e. The molecule has 0 heterocycles. The van der Waals surface area contributed by atoms with Gasteiger partial charge in [0.2, 0.25) is 0 Å². The fourth-order valence-corrected chi connectivity index (χ4v) is 9.25. The van der Waals surface area contributed by atoms with Gasteiger partial charge in [0.15, 0.2) is 0 Å². The second-order valence-electron chi connectivity index (χ2n) is 8.78. The first-order valence-electron chi connectivity index (χ1n) is 8.12. The molecule has 3 heteroatoms. The van der Waals surface area contributed by atoms with Gasteiger partial charge < -0.3 is 0 Å². The lowest BCUT2D eigenvalue weighted by atomic mass is 9.34. The first-order chi connectivity index (χ1) is 8.95. The van der Waals surface area contributed by atoms with Crippen molar-refractivity contribution in [2.75, 3.05) is 0 Å². The lowest BCUT2D eigenvalue weighted by Gasteiger charge is -2.74. The highest BCUT2D eigenvalue weighted by atomic mass is 32.1. The predicted molar refractivity (Wildman–Crippen MR) is 98.5 cm³/mol. The summed E-state index contributed by atoms with van der Waals surface area (Å²) in [6, 6.07) is 0. The minimum Gasteiger partial charge on any atom is -0.173 e. The zero-order valence-corrected chi connectivity index (χ0v) is 16.2. The summed E-state index contributed by atoms with van der Waals surface area (Å²) >= 11 is 15.3. The Bertz CT molecular complexity index is 448. The van der Waals surface area contributed by atoms with Crippen molar-refractivity contribution < 1.29 is 0 Å². The van der Waals surface area contributed by atoms with E-state index in [1.54, 1.807) is 0 Å². The molecule has 0 aliphatic heterocycles. The molecule has 0 aromatic carbocycles. The molecule has 0 aromatic rings. The van der Waals surface area contributed by atoms with E-state index in [1.807, 2.05) is 0 Å². The van der Waals surface area contributed by atoms with Crippen LogP contribution >= 0.6 is 37.9 Å². The van der Waals surface area contributed by atoms with Gasteiger partial charge in [-0.15, -0.1) is 0 Å². The molecule has 5 aliphatic carbocycles. The second-order valence-corrected chi connectivity index (χ2v) is 11.6. The first-order valence-corrected chi connectivity index (χ1v) is 9.46. The Morgan fingerprint density at radius 1 is 0.850 bits per heavy atom. The number of hydrogen-bond donors (Lipinski definition) is 3. The third kappa shape index (κ3) is 1.67. The van der Waals surface area contributed by atoms with Gasteiger partial charge in [0.05, 0.1) is 0 Å². The zero-order chi connectivity index (χ0) is 15.2. The molecular formula is C17H30S3. The average Bonchev–Trinajstić information content (AvgIpc) is 2.37. The highest BCUT2D eigenvalue weighted by Crippen LogP contribution is 2.79. The number of hydrogen-bond acceptors (Lipinski definition) is 3. The third-order valence-corrected chi connectivity index (χ3v) is 9.56. The van der Waals surface area contributed by atoms with E-state index < -0.39 is 0 Å². The van der Waals surface area contributed by atoms with Crippen LogP contribution in [0.2, 0.25) is 0 Å².